The van der Waals surface area contributed by atoms with E-state index in [1.165, 1.54) is 6.08 Å². The van der Waals surface area contributed by atoms with Crippen LogP contribution in [0.2, 0.25) is 0 Å². The number of para-hydroxylation sites is 1. The Hall–Kier alpha value is -3.39. The van der Waals surface area contributed by atoms with Crippen LogP contribution in [-0.4, -0.2) is 18.5 Å². The molecule has 144 valence electrons. The number of rotatable bonds is 7. The van der Waals surface area contributed by atoms with Gasteiger partial charge in [0.1, 0.15) is 11.6 Å². The summed E-state index contributed by atoms with van der Waals surface area (Å²) >= 11 is 0. The molecule has 0 aliphatic rings. The van der Waals surface area contributed by atoms with E-state index in [9.17, 15) is 14.9 Å². The summed E-state index contributed by atoms with van der Waals surface area (Å²) in [7, 11) is 0. The highest BCUT2D eigenvalue weighted by atomic mass is 16.5. The van der Waals surface area contributed by atoms with Crippen molar-refractivity contribution in [2.75, 3.05) is 11.9 Å². The van der Waals surface area contributed by atoms with Gasteiger partial charge >= 0.3 is 5.97 Å². The van der Waals surface area contributed by atoms with Gasteiger partial charge in [0.25, 0.3) is 5.91 Å². The number of benzene rings is 2. The van der Waals surface area contributed by atoms with Gasteiger partial charge in [0.15, 0.2) is 6.61 Å². The lowest BCUT2D eigenvalue weighted by atomic mass is 10.0. The predicted molar refractivity (Wildman–Crippen MR) is 110 cm³/mol. The Bertz CT molecular complexity index is 900. The van der Waals surface area contributed by atoms with Crippen LogP contribution >= 0.6 is 0 Å². The highest BCUT2D eigenvalue weighted by Gasteiger charge is 2.15. The number of nitrogens with zero attached hydrogens (tertiary/aromatic N) is 1. The van der Waals surface area contributed by atoms with Gasteiger partial charge in [-0.1, -0.05) is 61.9 Å². The lowest BCUT2D eigenvalue weighted by Crippen LogP contribution is -2.22. The topological polar surface area (TPSA) is 79.2 Å². The van der Waals surface area contributed by atoms with Crippen molar-refractivity contribution in [2.45, 2.75) is 33.6 Å². The van der Waals surface area contributed by atoms with Crippen molar-refractivity contribution in [3.05, 3.63) is 70.3 Å². The van der Waals surface area contributed by atoms with E-state index in [-0.39, 0.29) is 5.57 Å². The maximum Gasteiger partial charge on any atom is 0.349 e. The van der Waals surface area contributed by atoms with E-state index in [0.29, 0.717) is 5.56 Å². The number of esters is 1. The van der Waals surface area contributed by atoms with Gasteiger partial charge in [-0.2, -0.15) is 5.26 Å². The molecule has 0 unspecified atom stereocenters. The van der Waals surface area contributed by atoms with E-state index in [4.69, 9.17) is 4.74 Å². The first kappa shape index (κ1) is 20.9. The third kappa shape index (κ3) is 5.55. The van der Waals surface area contributed by atoms with Gasteiger partial charge in [-0.25, -0.2) is 4.79 Å². The van der Waals surface area contributed by atoms with Crippen molar-refractivity contribution in [3.8, 4) is 6.07 Å². The zero-order chi connectivity index (χ0) is 20.5. The number of carbonyl (C=O) groups is 2. The lowest BCUT2D eigenvalue weighted by molar-refractivity contribution is -0.142. The number of nitriles is 1. The smallest absolute Gasteiger partial charge is 0.349 e. The molecule has 0 spiro atoms. The quantitative estimate of drug-likeness (QED) is 0.446. The standard InChI is InChI=1S/C23H24N2O3/c1-4-18-7-6-8-19(5-2)22(18)25-21(26)15-28-23(27)20(14-24)13-17-11-9-16(3)10-12-17/h6-13H,4-5,15H2,1-3H3,(H,25,26)/b20-13+. The maximum absolute atomic E-state index is 12.3. The van der Waals surface area contributed by atoms with Crippen molar-refractivity contribution in [2.24, 2.45) is 0 Å². The zero-order valence-corrected chi connectivity index (χ0v) is 16.4. The van der Waals surface area contributed by atoms with Gasteiger partial charge in [-0.05, 0) is 42.5 Å². The molecule has 0 atom stereocenters. The fourth-order valence-electron chi connectivity index (χ4n) is 2.75. The van der Waals surface area contributed by atoms with Crippen LogP contribution in [0.3, 0.4) is 0 Å². The molecule has 0 radical (unpaired) electrons. The van der Waals surface area contributed by atoms with Crippen molar-refractivity contribution in [1.82, 2.24) is 0 Å². The summed E-state index contributed by atoms with van der Waals surface area (Å²) in [4.78, 5) is 24.4. The van der Waals surface area contributed by atoms with E-state index < -0.39 is 18.5 Å². The van der Waals surface area contributed by atoms with Gasteiger partial charge in [-0.3, -0.25) is 4.79 Å². The van der Waals surface area contributed by atoms with E-state index in [0.717, 1.165) is 35.2 Å². The average Bonchev–Trinajstić information content (AvgIpc) is 2.71. The van der Waals surface area contributed by atoms with Crippen LogP contribution in [-0.2, 0) is 27.2 Å². The Morgan fingerprint density at radius 2 is 1.68 bits per heavy atom. The van der Waals surface area contributed by atoms with Gasteiger partial charge in [-0.15, -0.1) is 0 Å². The van der Waals surface area contributed by atoms with E-state index in [2.05, 4.69) is 5.32 Å². The molecule has 28 heavy (non-hydrogen) atoms. The van der Waals surface area contributed by atoms with Gasteiger partial charge in [0.2, 0.25) is 0 Å². The molecule has 5 nitrogen and oxygen atoms in total. The minimum atomic E-state index is -0.822. The molecule has 2 aromatic carbocycles. The Kier molecular flexibility index (Phi) is 7.53. The van der Waals surface area contributed by atoms with Crippen LogP contribution in [0.1, 0.15) is 36.1 Å². The fourth-order valence-corrected chi connectivity index (χ4v) is 2.75. The lowest BCUT2D eigenvalue weighted by Gasteiger charge is -2.14. The summed E-state index contributed by atoms with van der Waals surface area (Å²) in [6.07, 6.45) is 3.00. The first-order valence-electron chi connectivity index (χ1n) is 9.24. The molecule has 5 heteroatoms. The third-order valence-corrected chi connectivity index (χ3v) is 4.33. The molecule has 2 rings (SSSR count). The zero-order valence-electron chi connectivity index (χ0n) is 16.4. The molecular weight excluding hydrogens is 352 g/mol. The molecule has 0 bridgehead atoms. The normalized spacial score (nSPS) is 10.9. The summed E-state index contributed by atoms with van der Waals surface area (Å²) in [6, 6.07) is 15.1. The van der Waals surface area contributed by atoms with Crippen LogP contribution in [0.4, 0.5) is 5.69 Å². The van der Waals surface area contributed by atoms with Crippen molar-refractivity contribution >= 4 is 23.6 Å². The minimum Gasteiger partial charge on any atom is -0.451 e. The molecule has 2 aromatic rings. The largest absolute Gasteiger partial charge is 0.451 e. The number of hydrogen-bond donors (Lipinski definition) is 1. The Balaban J connectivity index is 2.03. The highest BCUT2D eigenvalue weighted by molar-refractivity contribution is 6.00. The summed E-state index contributed by atoms with van der Waals surface area (Å²) in [6.45, 7) is 5.53. The molecule has 1 N–H and O–H groups in total. The van der Waals surface area contributed by atoms with E-state index >= 15 is 0 Å². The van der Waals surface area contributed by atoms with Crippen molar-refractivity contribution in [3.63, 3.8) is 0 Å². The number of carbonyl (C=O) groups excluding carboxylic acids is 2. The molecule has 0 aromatic heterocycles. The Morgan fingerprint density at radius 1 is 1.07 bits per heavy atom. The number of ether oxygens (including phenoxy) is 1. The molecule has 0 aliphatic carbocycles. The summed E-state index contributed by atoms with van der Waals surface area (Å²) in [5.41, 5.74) is 4.46. The number of hydrogen-bond acceptors (Lipinski definition) is 4. The van der Waals surface area contributed by atoms with Crippen LogP contribution < -0.4 is 5.32 Å². The summed E-state index contributed by atoms with van der Waals surface area (Å²) in [5.74, 6) is -1.26. The molecule has 0 heterocycles. The molecule has 0 aliphatic heterocycles. The number of anilines is 1. The third-order valence-electron chi connectivity index (χ3n) is 4.33. The van der Waals surface area contributed by atoms with E-state index in [1.807, 2.05) is 57.2 Å². The summed E-state index contributed by atoms with van der Waals surface area (Å²) < 4.78 is 5.03. The number of amides is 1. The van der Waals surface area contributed by atoms with Crippen LogP contribution in [0.5, 0.6) is 0 Å². The minimum absolute atomic E-state index is 0.153. The van der Waals surface area contributed by atoms with E-state index in [1.54, 1.807) is 12.1 Å². The second-order valence-corrected chi connectivity index (χ2v) is 6.36. The number of nitrogens with one attached hydrogen (secondary N) is 1. The molecule has 0 fully saturated rings. The highest BCUT2D eigenvalue weighted by Crippen LogP contribution is 2.22. The van der Waals surface area contributed by atoms with Crippen LogP contribution in [0, 0.1) is 18.3 Å². The first-order chi connectivity index (χ1) is 13.5. The Morgan fingerprint density at radius 3 is 2.21 bits per heavy atom. The van der Waals surface area contributed by atoms with Crippen molar-refractivity contribution in [1.29, 1.82) is 5.26 Å². The first-order valence-corrected chi connectivity index (χ1v) is 9.24. The number of aryl methyl sites for hydroxylation is 3. The maximum atomic E-state index is 12.3. The average molecular weight is 376 g/mol. The van der Waals surface area contributed by atoms with Gasteiger partial charge in [0.05, 0.1) is 0 Å². The van der Waals surface area contributed by atoms with Crippen LogP contribution in [0.25, 0.3) is 6.08 Å². The second-order valence-electron chi connectivity index (χ2n) is 6.36. The molecule has 1 amide bonds. The van der Waals surface area contributed by atoms with Gasteiger partial charge < -0.3 is 10.1 Å². The van der Waals surface area contributed by atoms with Crippen molar-refractivity contribution < 1.29 is 14.3 Å². The van der Waals surface area contributed by atoms with Crippen LogP contribution in [0.15, 0.2) is 48.0 Å². The summed E-state index contributed by atoms with van der Waals surface area (Å²) in [5, 5.41) is 12.1. The second kappa shape index (κ2) is 10.1. The van der Waals surface area contributed by atoms with Gasteiger partial charge in [0, 0.05) is 5.69 Å². The SMILES string of the molecule is CCc1cccc(CC)c1NC(=O)COC(=O)/C(C#N)=C/c1ccc(C)cc1. The predicted octanol–water partition coefficient (Wildman–Crippen LogP) is 4.21. The molecule has 0 saturated carbocycles. The fraction of sp³-hybridized carbons (Fsp3) is 0.261. The molecular formula is C23H24N2O3. The molecule has 0 saturated heterocycles. The monoisotopic (exact) mass is 376 g/mol. The Labute approximate surface area is 165 Å².